The summed E-state index contributed by atoms with van der Waals surface area (Å²) in [6, 6.07) is 0. The number of carboxylic acids is 1. The van der Waals surface area contributed by atoms with E-state index >= 15 is 0 Å². The van der Waals surface area contributed by atoms with Crippen molar-refractivity contribution in [2.45, 2.75) is 27.7 Å². The molecule has 0 unspecified atom stereocenters. The molecule has 17 heavy (non-hydrogen) atoms. The van der Waals surface area contributed by atoms with Crippen LogP contribution in [0.4, 0.5) is 0 Å². The summed E-state index contributed by atoms with van der Waals surface area (Å²) in [5.74, 6) is -1.32. The Morgan fingerprint density at radius 2 is 1.76 bits per heavy atom. The Bertz CT molecular complexity index is 398. The van der Waals surface area contributed by atoms with E-state index in [2.05, 4.69) is 4.98 Å². The molecule has 0 aromatic carbocycles. The minimum absolute atomic E-state index is 0. The molecule has 0 saturated heterocycles. The van der Waals surface area contributed by atoms with Crippen molar-refractivity contribution in [3.8, 4) is 0 Å². The van der Waals surface area contributed by atoms with Gasteiger partial charge in [0, 0.05) is 5.69 Å². The molecule has 90 valence electrons. The van der Waals surface area contributed by atoms with Gasteiger partial charge in [0.2, 0.25) is 0 Å². The molecule has 6 heteroatoms. The molecular weight excluding hydrogens is 249 g/mol. The van der Waals surface area contributed by atoms with E-state index in [4.69, 9.17) is 10.2 Å². The molecule has 2 N–H and O–H groups in total. The largest absolute Gasteiger partial charge is 1.00 e. The van der Waals surface area contributed by atoms with E-state index in [0.29, 0.717) is 5.56 Å². The van der Waals surface area contributed by atoms with Gasteiger partial charge in [0.25, 0.3) is 0 Å². The number of nitrogens with one attached hydrogen (secondary N) is 1. The van der Waals surface area contributed by atoms with Crippen LogP contribution in [0.1, 0.15) is 46.0 Å². The summed E-state index contributed by atoms with van der Waals surface area (Å²) in [6.07, 6.45) is 0. The van der Waals surface area contributed by atoms with Crippen molar-refractivity contribution >= 4 is 11.8 Å². The third-order valence-electron chi connectivity index (χ3n) is 2.07. The van der Waals surface area contributed by atoms with Crippen LogP contribution in [0.3, 0.4) is 0 Å². The second-order valence-corrected chi connectivity index (χ2v) is 3.28. The number of rotatable bonds is 2. The zero-order chi connectivity index (χ0) is 12.9. The van der Waals surface area contributed by atoms with Crippen molar-refractivity contribution in [3.05, 3.63) is 22.5 Å². The number of aromatic carboxylic acids is 1. The smallest absolute Gasteiger partial charge is 0.855 e. The van der Waals surface area contributed by atoms with Gasteiger partial charge in [-0.25, -0.2) is 4.79 Å². The molecule has 0 aliphatic carbocycles. The molecule has 0 spiro atoms. The van der Waals surface area contributed by atoms with E-state index in [1.165, 1.54) is 6.92 Å². The third kappa shape index (κ3) is 5.46. The van der Waals surface area contributed by atoms with Crippen LogP contribution in [0, 0.1) is 13.8 Å². The minimum atomic E-state index is -1.10. The number of carboxylic acid groups (broad SMARTS) is 1. The van der Waals surface area contributed by atoms with Crippen LogP contribution in [-0.2, 0) is 0 Å². The van der Waals surface area contributed by atoms with Crippen molar-refractivity contribution < 1.29 is 71.2 Å². The SMILES string of the molecule is CC(=O)c1c(C(=O)O)[nH]c(C)c1C.CC[O-].[K+]. The van der Waals surface area contributed by atoms with Gasteiger partial charge in [-0.2, -0.15) is 0 Å². The van der Waals surface area contributed by atoms with E-state index in [-0.39, 0.29) is 75.0 Å². The number of H-pyrrole nitrogens is 1. The summed E-state index contributed by atoms with van der Waals surface area (Å²) in [7, 11) is 0. The Morgan fingerprint density at radius 1 is 1.35 bits per heavy atom. The maximum Gasteiger partial charge on any atom is 1.00 e. The Kier molecular flexibility index (Phi) is 10.3. The van der Waals surface area contributed by atoms with Gasteiger partial charge in [-0.15, -0.1) is 6.61 Å². The molecule has 1 rings (SSSR count). The van der Waals surface area contributed by atoms with Gasteiger partial charge in [-0.05, 0) is 26.3 Å². The summed E-state index contributed by atoms with van der Waals surface area (Å²) in [5.41, 5.74) is 1.71. The van der Waals surface area contributed by atoms with E-state index in [0.717, 1.165) is 5.69 Å². The molecule has 5 nitrogen and oxygen atoms in total. The Hall–Kier alpha value is 0.0164. The van der Waals surface area contributed by atoms with Crippen LogP contribution < -0.4 is 56.5 Å². The van der Waals surface area contributed by atoms with Gasteiger partial charge >= 0.3 is 57.4 Å². The van der Waals surface area contributed by atoms with Crippen molar-refractivity contribution in [3.63, 3.8) is 0 Å². The molecular formula is C11H16KNO4. The third-order valence-corrected chi connectivity index (χ3v) is 2.07. The normalized spacial score (nSPS) is 8.76. The summed E-state index contributed by atoms with van der Waals surface area (Å²) in [4.78, 5) is 24.5. The van der Waals surface area contributed by atoms with Crippen LogP contribution in [0.5, 0.6) is 0 Å². The van der Waals surface area contributed by atoms with Crippen LogP contribution in [0.25, 0.3) is 0 Å². The predicted octanol–water partition coefficient (Wildman–Crippen LogP) is -2.10. The Morgan fingerprint density at radius 3 is 2.00 bits per heavy atom. The van der Waals surface area contributed by atoms with Crippen molar-refractivity contribution in [2.75, 3.05) is 6.61 Å². The van der Waals surface area contributed by atoms with Gasteiger partial charge in [-0.3, -0.25) is 4.79 Å². The van der Waals surface area contributed by atoms with Crippen molar-refractivity contribution in [2.24, 2.45) is 0 Å². The first kappa shape index (κ1) is 19.4. The monoisotopic (exact) mass is 265 g/mol. The number of hydrogen-bond acceptors (Lipinski definition) is 3. The quantitative estimate of drug-likeness (QED) is 0.473. The fourth-order valence-electron chi connectivity index (χ4n) is 1.32. The van der Waals surface area contributed by atoms with E-state index in [1.807, 2.05) is 0 Å². The maximum atomic E-state index is 11.1. The number of ketones is 1. The van der Waals surface area contributed by atoms with Crippen LogP contribution in [0.15, 0.2) is 0 Å². The number of Topliss-reactive ketones (excluding diaryl/α,β-unsaturated/α-hetero) is 1. The Balaban J connectivity index is 0. The minimum Gasteiger partial charge on any atom is -0.855 e. The number of carbonyl (C=O) groups excluding carboxylic acids is 1. The predicted molar refractivity (Wildman–Crippen MR) is 57.8 cm³/mol. The summed E-state index contributed by atoms with van der Waals surface area (Å²) in [5, 5.41) is 17.7. The number of carbonyl (C=O) groups is 2. The van der Waals surface area contributed by atoms with Crippen LogP contribution >= 0.6 is 0 Å². The first-order chi connectivity index (χ1) is 7.36. The van der Waals surface area contributed by atoms with Crippen LogP contribution in [-0.4, -0.2) is 28.4 Å². The second-order valence-electron chi connectivity index (χ2n) is 3.28. The number of hydrogen-bond donors (Lipinski definition) is 2. The summed E-state index contributed by atoms with van der Waals surface area (Å²) < 4.78 is 0. The van der Waals surface area contributed by atoms with E-state index < -0.39 is 5.97 Å². The molecule has 0 atom stereocenters. The zero-order valence-electron chi connectivity index (χ0n) is 10.9. The average molecular weight is 265 g/mol. The molecule has 0 fully saturated rings. The molecule has 0 saturated carbocycles. The van der Waals surface area contributed by atoms with Gasteiger partial charge in [-0.1, -0.05) is 6.92 Å². The van der Waals surface area contributed by atoms with E-state index in [9.17, 15) is 9.59 Å². The van der Waals surface area contributed by atoms with Crippen LogP contribution in [0.2, 0.25) is 0 Å². The first-order valence-electron chi connectivity index (χ1n) is 4.88. The molecule has 0 radical (unpaired) electrons. The van der Waals surface area contributed by atoms with E-state index in [1.54, 1.807) is 20.8 Å². The molecule has 0 aliphatic heterocycles. The summed E-state index contributed by atoms with van der Waals surface area (Å²) >= 11 is 0. The molecule has 0 aliphatic rings. The Labute approximate surface area is 143 Å². The first-order valence-corrected chi connectivity index (χ1v) is 4.88. The number of aromatic nitrogens is 1. The summed E-state index contributed by atoms with van der Waals surface area (Å²) in [6.45, 7) is 6.41. The average Bonchev–Trinajstić information content (AvgIpc) is 2.44. The maximum absolute atomic E-state index is 11.1. The van der Waals surface area contributed by atoms with Gasteiger partial charge in [0.15, 0.2) is 5.78 Å². The van der Waals surface area contributed by atoms with Gasteiger partial charge in [0.05, 0.1) is 5.56 Å². The molecule has 1 heterocycles. The van der Waals surface area contributed by atoms with Gasteiger partial charge < -0.3 is 15.2 Å². The number of aromatic amines is 1. The van der Waals surface area contributed by atoms with Crippen molar-refractivity contribution in [1.29, 1.82) is 0 Å². The second kappa shape index (κ2) is 9.01. The van der Waals surface area contributed by atoms with Crippen molar-refractivity contribution in [1.82, 2.24) is 4.98 Å². The molecule has 1 aromatic heterocycles. The van der Waals surface area contributed by atoms with Gasteiger partial charge in [0.1, 0.15) is 5.69 Å². The molecule has 0 bridgehead atoms. The molecule has 1 aromatic rings. The zero-order valence-corrected chi connectivity index (χ0v) is 14.0. The fraction of sp³-hybridized carbons (Fsp3) is 0.455. The fourth-order valence-corrected chi connectivity index (χ4v) is 1.32. The number of aryl methyl sites for hydroxylation is 1. The topological polar surface area (TPSA) is 93.2 Å². The standard InChI is InChI=1S/C9H11NO3.C2H5O.K/c1-4-5(2)10-8(9(12)13)7(4)6(3)11;1-2-3;/h10H,1-3H3,(H,12,13);2H2,1H3;/q;-1;+1. The molecule has 0 amide bonds.